The summed E-state index contributed by atoms with van der Waals surface area (Å²) in [4.78, 5) is 19.7. The van der Waals surface area contributed by atoms with E-state index in [0.29, 0.717) is 23.0 Å². The minimum absolute atomic E-state index is 0.312. The van der Waals surface area contributed by atoms with E-state index in [2.05, 4.69) is 20.4 Å². The van der Waals surface area contributed by atoms with Crippen molar-refractivity contribution in [1.82, 2.24) is 19.9 Å². The first-order valence-electron chi connectivity index (χ1n) is 8.59. The topological polar surface area (TPSA) is 70.1 Å². The molecule has 25 heavy (non-hydrogen) atoms. The van der Waals surface area contributed by atoms with Gasteiger partial charge < -0.3 is 4.90 Å². The summed E-state index contributed by atoms with van der Waals surface area (Å²) in [5.41, 5.74) is 4.36. The molecule has 0 aliphatic heterocycles. The van der Waals surface area contributed by atoms with Crippen LogP contribution in [0.2, 0.25) is 5.15 Å². The Balaban J connectivity index is 1.94. The zero-order valence-electron chi connectivity index (χ0n) is 14.9. The summed E-state index contributed by atoms with van der Waals surface area (Å²) in [6.45, 7) is 2.01. The third kappa shape index (κ3) is 4.28. The predicted molar refractivity (Wildman–Crippen MR) is 101 cm³/mol. The van der Waals surface area contributed by atoms with Crippen LogP contribution in [0.25, 0.3) is 0 Å². The molecule has 2 aromatic rings. The Bertz CT molecular complexity index is 716. The van der Waals surface area contributed by atoms with Gasteiger partial charge in [0.2, 0.25) is 5.95 Å². The molecule has 0 spiro atoms. The van der Waals surface area contributed by atoms with Gasteiger partial charge in [-0.05, 0) is 19.8 Å². The van der Waals surface area contributed by atoms with Crippen LogP contribution in [0.4, 0.5) is 17.6 Å². The average Bonchev–Trinajstić information content (AvgIpc) is 2.61. The summed E-state index contributed by atoms with van der Waals surface area (Å²) < 4.78 is 0. The maximum atomic E-state index is 5.98. The maximum absolute atomic E-state index is 5.98. The van der Waals surface area contributed by atoms with Crippen LogP contribution in [0.3, 0.4) is 0 Å². The molecule has 1 fully saturated rings. The number of aromatic nitrogens is 4. The number of rotatable bonds is 5. The summed E-state index contributed by atoms with van der Waals surface area (Å²) >= 11 is 5.98. The largest absolute Gasteiger partial charge is 0.362 e. The molecule has 0 aromatic carbocycles. The van der Waals surface area contributed by atoms with Crippen LogP contribution in [-0.4, -0.2) is 40.1 Å². The van der Waals surface area contributed by atoms with Crippen LogP contribution >= 0.6 is 11.6 Å². The summed E-state index contributed by atoms with van der Waals surface area (Å²) in [6.07, 6.45) is 10.9. The summed E-state index contributed by atoms with van der Waals surface area (Å²) in [6, 6.07) is 0.312. The number of anilines is 3. The van der Waals surface area contributed by atoms with E-state index < -0.39 is 0 Å². The molecular formula is C17H24ClN7. The van der Waals surface area contributed by atoms with Crippen LogP contribution in [0.1, 0.15) is 37.7 Å². The summed E-state index contributed by atoms with van der Waals surface area (Å²) in [5.74, 6) is 2.14. The summed E-state index contributed by atoms with van der Waals surface area (Å²) in [7, 11) is 3.97. The quantitative estimate of drug-likeness (QED) is 0.817. The van der Waals surface area contributed by atoms with Crippen molar-refractivity contribution in [1.29, 1.82) is 0 Å². The highest BCUT2D eigenvalue weighted by Gasteiger charge is 2.25. The number of hydrogen-bond donors (Lipinski definition) is 1. The number of hydrazine groups is 1. The molecule has 0 amide bonds. The molecule has 2 aromatic heterocycles. The van der Waals surface area contributed by atoms with E-state index >= 15 is 0 Å². The minimum atomic E-state index is 0.312. The lowest BCUT2D eigenvalue weighted by molar-refractivity contribution is 0.422. The zero-order chi connectivity index (χ0) is 17.8. The fraction of sp³-hybridized carbons (Fsp3) is 0.529. The van der Waals surface area contributed by atoms with Crippen molar-refractivity contribution in [3.8, 4) is 0 Å². The number of nitrogens with one attached hydrogen (secondary N) is 1. The van der Waals surface area contributed by atoms with E-state index in [1.807, 2.05) is 37.1 Å². The van der Waals surface area contributed by atoms with Crippen LogP contribution in [-0.2, 0) is 0 Å². The van der Waals surface area contributed by atoms with E-state index in [4.69, 9.17) is 16.6 Å². The van der Waals surface area contributed by atoms with Crippen LogP contribution in [0.5, 0.6) is 0 Å². The first kappa shape index (κ1) is 17.7. The molecule has 8 heteroatoms. The van der Waals surface area contributed by atoms with Gasteiger partial charge in [0.25, 0.3) is 0 Å². The van der Waals surface area contributed by atoms with Gasteiger partial charge in [0.1, 0.15) is 11.0 Å². The molecule has 7 nitrogen and oxygen atoms in total. The van der Waals surface area contributed by atoms with Crippen molar-refractivity contribution in [3.63, 3.8) is 0 Å². The van der Waals surface area contributed by atoms with Gasteiger partial charge in [-0.15, -0.1) is 0 Å². The Kier molecular flexibility index (Phi) is 5.53. The molecule has 1 N–H and O–H groups in total. The Morgan fingerprint density at radius 3 is 2.52 bits per heavy atom. The van der Waals surface area contributed by atoms with E-state index in [-0.39, 0.29) is 0 Å². The van der Waals surface area contributed by atoms with Gasteiger partial charge in [-0.25, -0.2) is 15.0 Å². The Morgan fingerprint density at radius 2 is 1.84 bits per heavy atom. The van der Waals surface area contributed by atoms with Gasteiger partial charge in [0, 0.05) is 25.9 Å². The van der Waals surface area contributed by atoms with E-state index in [0.717, 1.165) is 24.2 Å². The molecule has 134 valence electrons. The third-order valence-electron chi connectivity index (χ3n) is 4.35. The smallest absolute Gasteiger partial charge is 0.246 e. The SMILES string of the molecule is Cc1cnc(N(Nc2cncc(Cl)n2)C2CCCCC2)nc1N(C)C. The fourth-order valence-corrected chi connectivity index (χ4v) is 3.30. The molecule has 1 saturated carbocycles. The van der Waals surface area contributed by atoms with Crippen LogP contribution in [0.15, 0.2) is 18.6 Å². The molecule has 0 bridgehead atoms. The van der Waals surface area contributed by atoms with Crippen molar-refractivity contribution in [2.24, 2.45) is 0 Å². The second kappa shape index (κ2) is 7.82. The summed E-state index contributed by atoms with van der Waals surface area (Å²) in [5, 5.41) is 2.37. The van der Waals surface area contributed by atoms with Gasteiger partial charge in [-0.1, -0.05) is 30.9 Å². The third-order valence-corrected chi connectivity index (χ3v) is 4.53. The molecule has 0 saturated heterocycles. The van der Waals surface area contributed by atoms with Crippen molar-refractivity contribution in [2.75, 3.05) is 29.4 Å². The molecule has 3 rings (SSSR count). The highest BCUT2D eigenvalue weighted by Crippen LogP contribution is 2.27. The first-order chi connectivity index (χ1) is 12.0. The fourth-order valence-electron chi connectivity index (χ4n) is 3.16. The zero-order valence-corrected chi connectivity index (χ0v) is 15.7. The second-order valence-electron chi connectivity index (χ2n) is 6.57. The van der Waals surface area contributed by atoms with Crippen molar-refractivity contribution in [2.45, 2.75) is 45.1 Å². The molecule has 0 radical (unpaired) electrons. The number of halogens is 1. The maximum Gasteiger partial charge on any atom is 0.246 e. The Morgan fingerprint density at radius 1 is 1.08 bits per heavy atom. The Hall–Kier alpha value is -2.15. The van der Waals surface area contributed by atoms with Crippen LogP contribution < -0.4 is 15.3 Å². The first-order valence-corrected chi connectivity index (χ1v) is 8.97. The van der Waals surface area contributed by atoms with Gasteiger partial charge in [-0.3, -0.25) is 10.4 Å². The van der Waals surface area contributed by atoms with Crippen LogP contribution in [0, 0.1) is 6.92 Å². The van der Waals surface area contributed by atoms with E-state index in [1.165, 1.54) is 25.5 Å². The minimum Gasteiger partial charge on any atom is -0.362 e. The highest BCUT2D eigenvalue weighted by molar-refractivity contribution is 6.29. The molecule has 1 aliphatic carbocycles. The van der Waals surface area contributed by atoms with Crippen molar-refractivity contribution >= 4 is 29.2 Å². The lowest BCUT2D eigenvalue weighted by Gasteiger charge is -2.34. The molecule has 0 atom stereocenters. The lowest BCUT2D eigenvalue weighted by Crippen LogP contribution is -2.42. The molecule has 1 aliphatic rings. The van der Waals surface area contributed by atoms with Gasteiger partial charge in [-0.2, -0.15) is 4.98 Å². The number of aryl methyl sites for hydroxylation is 1. The number of nitrogens with zero attached hydrogens (tertiary/aromatic N) is 6. The standard InChI is InChI=1S/C17H24ClN7/c1-12-9-20-17(22-16(12)24(2)3)25(13-7-5-4-6-8-13)23-15-11-19-10-14(18)21-15/h9-11,13H,4-8H2,1-3H3,(H,21,23). The van der Waals surface area contributed by atoms with Gasteiger partial charge in [0.05, 0.1) is 18.4 Å². The lowest BCUT2D eigenvalue weighted by atomic mass is 9.95. The van der Waals surface area contributed by atoms with E-state index in [1.54, 1.807) is 6.20 Å². The number of hydrogen-bond acceptors (Lipinski definition) is 7. The van der Waals surface area contributed by atoms with Gasteiger partial charge >= 0.3 is 0 Å². The molecule has 0 unspecified atom stereocenters. The van der Waals surface area contributed by atoms with E-state index in [9.17, 15) is 0 Å². The highest BCUT2D eigenvalue weighted by atomic mass is 35.5. The normalized spacial score (nSPS) is 15.0. The second-order valence-corrected chi connectivity index (χ2v) is 6.96. The molecular weight excluding hydrogens is 338 g/mol. The Labute approximate surface area is 153 Å². The van der Waals surface area contributed by atoms with Gasteiger partial charge in [0.15, 0.2) is 5.82 Å². The average molecular weight is 362 g/mol. The predicted octanol–water partition coefficient (Wildman–Crippen LogP) is 3.46. The van der Waals surface area contributed by atoms with Crippen molar-refractivity contribution in [3.05, 3.63) is 29.3 Å². The monoisotopic (exact) mass is 361 g/mol. The van der Waals surface area contributed by atoms with Crippen molar-refractivity contribution < 1.29 is 0 Å². The molecule has 2 heterocycles.